The Kier molecular flexibility index (Phi) is 3.47. The van der Waals surface area contributed by atoms with Crippen molar-refractivity contribution in [1.82, 2.24) is 15.0 Å². The Morgan fingerprint density at radius 3 is 2.61 bits per heavy atom. The third kappa shape index (κ3) is 2.59. The van der Waals surface area contributed by atoms with Gasteiger partial charge in [0.25, 0.3) is 5.56 Å². The van der Waals surface area contributed by atoms with Crippen molar-refractivity contribution in [3.63, 3.8) is 0 Å². The molecule has 0 amide bonds. The molecule has 0 spiro atoms. The number of aromatic nitrogens is 2. The van der Waals surface area contributed by atoms with Gasteiger partial charge in [0.15, 0.2) is 0 Å². The monoisotopic (exact) mass is 254 g/mol. The molecule has 8 heteroatoms. The van der Waals surface area contributed by atoms with E-state index in [1.54, 1.807) is 11.9 Å². The van der Waals surface area contributed by atoms with Crippen molar-refractivity contribution >= 4 is 5.71 Å². The molecule has 1 aliphatic rings. The summed E-state index contributed by atoms with van der Waals surface area (Å²) >= 11 is 0. The van der Waals surface area contributed by atoms with E-state index in [1.807, 2.05) is 4.98 Å². The van der Waals surface area contributed by atoms with Crippen LogP contribution < -0.4 is 11.2 Å². The van der Waals surface area contributed by atoms with Crippen LogP contribution in [0.2, 0.25) is 0 Å². The van der Waals surface area contributed by atoms with Gasteiger partial charge < -0.3 is 9.84 Å². The maximum absolute atomic E-state index is 11.6. The van der Waals surface area contributed by atoms with E-state index in [0.717, 1.165) is 0 Å². The molecule has 98 valence electrons. The van der Waals surface area contributed by atoms with E-state index in [9.17, 15) is 14.7 Å². The van der Waals surface area contributed by atoms with Gasteiger partial charge in [-0.05, 0) is 6.92 Å². The van der Waals surface area contributed by atoms with Crippen LogP contribution in [0.5, 0.6) is 5.88 Å². The molecule has 0 unspecified atom stereocenters. The third-order valence-corrected chi connectivity index (χ3v) is 2.56. The second-order valence-corrected chi connectivity index (χ2v) is 3.88. The molecule has 0 aliphatic carbocycles. The highest BCUT2D eigenvalue weighted by Gasteiger charge is 2.14. The lowest BCUT2D eigenvalue weighted by molar-refractivity contribution is 0.0393. The van der Waals surface area contributed by atoms with Crippen LogP contribution in [0.4, 0.5) is 0 Å². The fourth-order valence-electron chi connectivity index (χ4n) is 1.73. The smallest absolute Gasteiger partial charge is 0.328 e. The number of hydrogen-bond donors (Lipinski definition) is 3. The van der Waals surface area contributed by atoms with E-state index in [4.69, 9.17) is 4.74 Å². The van der Waals surface area contributed by atoms with Gasteiger partial charge in [-0.1, -0.05) is 0 Å². The predicted octanol–water partition coefficient (Wildman–Crippen LogP) is -1.17. The van der Waals surface area contributed by atoms with Gasteiger partial charge in [0, 0.05) is 0 Å². The van der Waals surface area contributed by atoms with E-state index in [1.165, 1.54) is 0 Å². The van der Waals surface area contributed by atoms with Crippen LogP contribution >= 0.6 is 0 Å². The van der Waals surface area contributed by atoms with Crippen LogP contribution in [0.15, 0.2) is 14.7 Å². The van der Waals surface area contributed by atoms with Crippen molar-refractivity contribution in [3.8, 4) is 5.88 Å². The zero-order valence-electron chi connectivity index (χ0n) is 9.89. The number of hydrogen-bond acceptors (Lipinski definition) is 6. The summed E-state index contributed by atoms with van der Waals surface area (Å²) in [6.07, 6.45) is 0. The number of ether oxygens (including phenoxy) is 1. The van der Waals surface area contributed by atoms with Gasteiger partial charge in [-0.3, -0.25) is 19.8 Å². The molecule has 18 heavy (non-hydrogen) atoms. The first kappa shape index (κ1) is 12.4. The summed E-state index contributed by atoms with van der Waals surface area (Å²) in [5.74, 6) is -0.474. The average molecular weight is 254 g/mol. The minimum atomic E-state index is -0.750. The zero-order chi connectivity index (χ0) is 13.1. The minimum absolute atomic E-state index is 0.0268. The second-order valence-electron chi connectivity index (χ2n) is 3.88. The summed E-state index contributed by atoms with van der Waals surface area (Å²) in [7, 11) is 0. The van der Waals surface area contributed by atoms with Crippen LogP contribution in [-0.2, 0) is 4.74 Å². The standard InChI is InChI=1S/C10H14N4O4/c1-6(13-14-2-4-18-5-3-14)7-8(15)11-10(17)12-9(7)16/h2-5H2,1H3,(H3,11,12,15,16,17). The van der Waals surface area contributed by atoms with Crippen LogP contribution in [-0.4, -0.2) is 52.1 Å². The van der Waals surface area contributed by atoms with Gasteiger partial charge in [-0.2, -0.15) is 5.10 Å². The number of nitrogens with one attached hydrogen (secondary N) is 2. The van der Waals surface area contributed by atoms with Gasteiger partial charge in [-0.15, -0.1) is 0 Å². The summed E-state index contributed by atoms with van der Waals surface area (Å²) < 4.78 is 5.17. The number of nitrogens with zero attached hydrogens (tertiary/aromatic N) is 2. The molecular weight excluding hydrogens is 240 g/mol. The minimum Gasteiger partial charge on any atom is -0.494 e. The van der Waals surface area contributed by atoms with Crippen molar-refractivity contribution in [2.45, 2.75) is 6.92 Å². The average Bonchev–Trinajstić information content (AvgIpc) is 2.28. The molecule has 1 saturated heterocycles. The molecule has 0 atom stereocenters. The molecule has 1 aromatic heterocycles. The van der Waals surface area contributed by atoms with Crippen molar-refractivity contribution in [2.75, 3.05) is 26.3 Å². The number of aromatic hydroxyl groups is 1. The summed E-state index contributed by atoms with van der Waals surface area (Å²) in [4.78, 5) is 26.7. The normalized spacial score (nSPS) is 16.9. The largest absolute Gasteiger partial charge is 0.494 e. The lowest BCUT2D eigenvalue weighted by atomic mass is 10.2. The van der Waals surface area contributed by atoms with E-state index in [-0.39, 0.29) is 5.56 Å². The first-order chi connectivity index (χ1) is 8.58. The summed E-state index contributed by atoms with van der Waals surface area (Å²) in [6, 6.07) is 0. The van der Waals surface area contributed by atoms with Gasteiger partial charge in [0.2, 0.25) is 5.88 Å². The quantitative estimate of drug-likeness (QED) is 0.576. The molecule has 0 saturated carbocycles. The van der Waals surface area contributed by atoms with E-state index in [2.05, 4.69) is 10.1 Å². The number of aromatic amines is 2. The van der Waals surface area contributed by atoms with Crippen molar-refractivity contribution in [1.29, 1.82) is 0 Å². The molecule has 3 N–H and O–H groups in total. The molecule has 1 aliphatic heterocycles. The number of rotatable bonds is 2. The van der Waals surface area contributed by atoms with Gasteiger partial charge in [0.05, 0.1) is 32.0 Å². The lowest BCUT2D eigenvalue weighted by Crippen LogP contribution is -2.34. The van der Waals surface area contributed by atoms with Crippen LogP contribution in [0.3, 0.4) is 0 Å². The Hall–Kier alpha value is -2.09. The second kappa shape index (κ2) is 5.05. The highest BCUT2D eigenvalue weighted by molar-refractivity contribution is 5.99. The molecule has 0 bridgehead atoms. The van der Waals surface area contributed by atoms with Crippen LogP contribution in [0, 0.1) is 0 Å². The first-order valence-corrected chi connectivity index (χ1v) is 5.52. The zero-order valence-corrected chi connectivity index (χ0v) is 9.89. The predicted molar refractivity (Wildman–Crippen MR) is 64.0 cm³/mol. The molecule has 0 radical (unpaired) electrons. The van der Waals surface area contributed by atoms with Gasteiger partial charge in [0.1, 0.15) is 5.56 Å². The maximum Gasteiger partial charge on any atom is 0.328 e. The van der Waals surface area contributed by atoms with Crippen LogP contribution in [0.1, 0.15) is 12.5 Å². The maximum atomic E-state index is 11.6. The number of H-pyrrole nitrogens is 2. The SMILES string of the molecule is CC(=NN1CCOCC1)c1c(O)[nH]c(=O)[nH]c1=O. The molecule has 8 nitrogen and oxygen atoms in total. The Labute approximate surface area is 102 Å². The Morgan fingerprint density at radius 1 is 1.33 bits per heavy atom. The van der Waals surface area contributed by atoms with E-state index < -0.39 is 17.1 Å². The molecule has 1 fully saturated rings. The van der Waals surface area contributed by atoms with Crippen molar-refractivity contribution < 1.29 is 9.84 Å². The fraction of sp³-hybridized carbons (Fsp3) is 0.500. The highest BCUT2D eigenvalue weighted by Crippen LogP contribution is 2.08. The molecule has 1 aromatic rings. The highest BCUT2D eigenvalue weighted by atomic mass is 16.5. The van der Waals surface area contributed by atoms with Crippen molar-refractivity contribution in [3.05, 3.63) is 26.4 Å². The van der Waals surface area contributed by atoms with E-state index in [0.29, 0.717) is 32.0 Å². The lowest BCUT2D eigenvalue weighted by Gasteiger charge is -2.24. The number of hydrazone groups is 1. The summed E-state index contributed by atoms with van der Waals surface area (Å²) in [5, 5.41) is 15.6. The summed E-state index contributed by atoms with van der Waals surface area (Å²) in [5.41, 5.74) is -1.10. The molecule has 0 aromatic carbocycles. The Bertz CT molecular complexity index is 568. The van der Waals surface area contributed by atoms with Crippen LogP contribution in [0.25, 0.3) is 0 Å². The molecular formula is C10H14N4O4. The first-order valence-electron chi connectivity index (χ1n) is 5.52. The van der Waals surface area contributed by atoms with E-state index >= 15 is 0 Å². The van der Waals surface area contributed by atoms with Crippen molar-refractivity contribution in [2.24, 2.45) is 5.10 Å². The topological polar surface area (TPSA) is 111 Å². The number of morpholine rings is 1. The Balaban J connectivity index is 2.33. The molecule has 2 heterocycles. The van der Waals surface area contributed by atoms with Gasteiger partial charge >= 0.3 is 5.69 Å². The Morgan fingerprint density at radius 2 is 2.00 bits per heavy atom. The molecule has 2 rings (SSSR count). The fourth-order valence-corrected chi connectivity index (χ4v) is 1.73. The third-order valence-electron chi connectivity index (χ3n) is 2.56. The summed E-state index contributed by atoms with van der Waals surface area (Å²) in [6.45, 7) is 3.99. The van der Waals surface area contributed by atoms with Gasteiger partial charge in [-0.25, -0.2) is 4.79 Å².